The number of aromatic nitrogens is 2. The second-order valence-corrected chi connectivity index (χ2v) is 5.77. The molecule has 2 saturated heterocycles. The Morgan fingerprint density at radius 2 is 2.11 bits per heavy atom. The van der Waals surface area contributed by atoms with Gasteiger partial charge in [0.15, 0.2) is 0 Å². The minimum atomic E-state index is 0.631. The Bertz CT molecular complexity index is 377. The van der Waals surface area contributed by atoms with E-state index < -0.39 is 0 Å². The molecule has 1 aromatic heterocycles. The van der Waals surface area contributed by atoms with Crippen molar-refractivity contribution in [3.05, 3.63) is 18.2 Å². The highest BCUT2D eigenvalue weighted by molar-refractivity contribution is 5.11. The molecule has 1 atom stereocenters. The molecule has 2 aliphatic rings. The molecule has 0 saturated carbocycles. The van der Waals surface area contributed by atoms with E-state index in [2.05, 4.69) is 32.9 Å². The summed E-state index contributed by atoms with van der Waals surface area (Å²) in [6, 6.07) is 0.631. The van der Waals surface area contributed by atoms with Crippen LogP contribution in [0.3, 0.4) is 0 Å². The second-order valence-electron chi connectivity index (χ2n) is 5.77. The summed E-state index contributed by atoms with van der Waals surface area (Å²) < 4.78 is 2.37. The number of likely N-dealkylation sites (tertiary alicyclic amines) is 1. The second kappa shape index (κ2) is 5.41. The number of piperidine rings is 1. The molecule has 3 rings (SSSR count). The minimum absolute atomic E-state index is 0.631. The maximum absolute atomic E-state index is 4.34. The number of rotatable bonds is 4. The SMILES string of the molecule is CC(Cn1cncc1C1CNC1)N1CCCCC1. The summed E-state index contributed by atoms with van der Waals surface area (Å²) >= 11 is 0. The van der Waals surface area contributed by atoms with Gasteiger partial charge in [-0.05, 0) is 32.9 Å². The Balaban J connectivity index is 1.62. The third kappa shape index (κ3) is 2.45. The van der Waals surface area contributed by atoms with Crippen LogP contribution in [0.1, 0.15) is 37.8 Å². The molecule has 3 heterocycles. The van der Waals surface area contributed by atoms with Gasteiger partial charge in [0.25, 0.3) is 0 Å². The number of imidazole rings is 1. The molecule has 2 fully saturated rings. The lowest BCUT2D eigenvalue weighted by Crippen LogP contribution is -2.43. The van der Waals surface area contributed by atoms with E-state index in [1.54, 1.807) is 0 Å². The lowest BCUT2D eigenvalue weighted by atomic mass is 9.99. The molecule has 1 aromatic rings. The standard InChI is InChI=1S/C14H24N4/c1-12(17-5-3-2-4-6-17)10-18-11-16-9-14(18)13-7-15-8-13/h9,11-13,15H,2-8,10H2,1H3. The monoisotopic (exact) mass is 248 g/mol. The van der Waals surface area contributed by atoms with E-state index in [4.69, 9.17) is 0 Å². The molecule has 0 aliphatic carbocycles. The Kier molecular flexibility index (Phi) is 3.66. The highest BCUT2D eigenvalue weighted by Crippen LogP contribution is 2.20. The largest absolute Gasteiger partial charge is 0.333 e. The molecular weight excluding hydrogens is 224 g/mol. The molecule has 2 aliphatic heterocycles. The van der Waals surface area contributed by atoms with Crippen LogP contribution in [0.2, 0.25) is 0 Å². The maximum atomic E-state index is 4.34. The van der Waals surface area contributed by atoms with E-state index in [1.807, 2.05) is 6.33 Å². The van der Waals surface area contributed by atoms with Gasteiger partial charge in [0.2, 0.25) is 0 Å². The van der Waals surface area contributed by atoms with Crippen LogP contribution in [-0.2, 0) is 6.54 Å². The van der Waals surface area contributed by atoms with E-state index in [1.165, 1.54) is 38.0 Å². The van der Waals surface area contributed by atoms with Crippen molar-refractivity contribution in [3.63, 3.8) is 0 Å². The van der Waals surface area contributed by atoms with Crippen LogP contribution in [0.25, 0.3) is 0 Å². The molecule has 0 bridgehead atoms. The van der Waals surface area contributed by atoms with Gasteiger partial charge in [0.1, 0.15) is 0 Å². The minimum Gasteiger partial charge on any atom is -0.333 e. The van der Waals surface area contributed by atoms with E-state index >= 15 is 0 Å². The fourth-order valence-electron chi connectivity index (χ4n) is 3.08. The smallest absolute Gasteiger partial charge is 0.0948 e. The fraction of sp³-hybridized carbons (Fsp3) is 0.786. The molecule has 0 spiro atoms. The van der Waals surface area contributed by atoms with Crippen LogP contribution in [0.5, 0.6) is 0 Å². The summed E-state index contributed by atoms with van der Waals surface area (Å²) in [4.78, 5) is 6.97. The lowest BCUT2D eigenvalue weighted by molar-refractivity contribution is 0.158. The quantitative estimate of drug-likeness (QED) is 0.875. The van der Waals surface area contributed by atoms with Crippen LogP contribution in [0.15, 0.2) is 12.5 Å². The molecule has 4 heteroatoms. The zero-order valence-corrected chi connectivity index (χ0v) is 11.3. The lowest BCUT2D eigenvalue weighted by Gasteiger charge is -2.34. The van der Waals surface area contributed by atoms with Gasteiger partial charge in [-0.1, -0.05) is 6.42 Å². The van der Waals surface area contributed by atoms with Crippen molar-refractivity contribution < 1.29 is 0 Å². The van der Waals surface area contributed by atoms with Crippen LogP contribution < -0.4 is 5.32 Å². The predicted molar refractivity (Wildman–Crippen MR) is 72.7 cm³/mol. The number of hydrogen-bond acceptors (Lipinski definition) is 3. The number of nitrogens with one attached hydrogen (secondary N) is 1. The van der Waals surface area contributed by atoms with E-state index in [0.717, 1.165) is 19.6 Å². The first kappa shape index (κ1) is 12.2. The van der Waals surface area contributed by atoms with Crippen molar-refractivity contribution in [3.8, 4) is 0 Å². The van der Waals surface area contributed by atoms with Crippen molar-refractivity contribution in [2.24, 2.45) is 0 Å². The highest BCUT2D eigenvalue weighted by atomic mass is 15.2. The van der Waals surface area contributed by atoms with Gasteiger partial charge in [-0.15, -0.1) is 0 Å². The van der Waals surface area contributed by atoms with Crippen molar-refractivity contribution in [2.45, 2.75) is 44.7 Å². The maximum Gasteiger partial charge on any atom is 0.0948 e. The van der Waals surface area contributed by atoms with Gasteiger partial charge in [-0.2, -0.15) is 0 Å². The van der Waals surface area contributed by atoms with E-state index in [9.17, 15) is 0 Å². The van der Waals surface area contributed by atoms with Crippen molar-refractivity contribution in [2.75, 3.05) is 26.2 Å². The van der Waals surface area contributed by atoms with Crippen molar-refractivity contribution >= 4 is 0 Å². The van der Waals surface area contributed by atoms with Gasteiger partial charge >= 0.3 is 0 Å². The zero-order valence-electron chi connectivity index (χ0n) is 11.3. The normalized spacial score (nSPS) is 23.8. The summed E-state index contributed by atoms with van der Waals surface area (Å²) in [5.74, 6) is 0.682. The third-order valence-electron chi connectivity index (χ3n) is 4.42. The third-order valence-corrected chi connectivity index (χ3v) is 4.42. The van der Waals surface area contributed by atoms with Gasteiger partial charge < -0.3 is 9.88 Å². The molecule has 100 valence electrons. The fourth-order valence-corrected chi connectivity index (χ4v) is 3.08. The summed E-state index contributed by atoms with van der Waals surface area (Å²) in [5, 5.41) is 3.34. The van der Waals surface area contributed by atoms with Crippen LogP contribution in [-0.4, -0.2) is 46.7 Å². The Morgan fingerprint density at radius 1 is 1.33 bits per heavy atom. The molecule has 1 N–H and O–H groups in total. The summed E-state index contributed by atoms with van der Waals surface area (Å²) in [6.07, 6.45) is 8.21. The Morgan fingerprint density at radius 3 is 2.78 bits per heavy atom. The zero-order chi connectivity index (χ0) is 12.4. The summed E-state index contributed by atoms with van der Waals surface area (Å²) in [6.45, 7) is 8.22. The van der Waals surface area contributed by atoms with Gasteiger partial charge in [0.05, 0.1) is 6.33 Å². The van der Waals surface area contributed by atoms with Gasteiger partial charge in [0, 0.05) is 43.5 Å². The molecular formula is C14H24N4. The highest BCUT2D eigenvalue weighted by Gasteiger charge is 2.24. The average Bonchev–Trinajstić information content (AvgIpc) is 2.76. The first-order valence-electron chi connectivity index (χ1n) is 7.29. The topological polar surface area (TPSA) is 33.1 Å². The number of nitrogens with zero attached hydrogens (tertiary/aromatic N) is 3. The molecule has 4 nitrogen and oxygen atoms in total. The van der Waals surface area contributed by atoms with E-state index in [0.29, 0.717) is 12.0 Å². The Labute approximate surface area is 109 Å². The first-order chi connectivity index (χ1) is 8.84. The molecule has 18 heavy (non-hydrogen) atoms. The van der Waals surface area contributed by atoms with E-state index in [-0.39, 0.29) is 0 Å². The first-order valence-corrected chi connectivity index (χ1v) is 7.29. The van der Waals surface area contributed by atoms with Crippen LogP contribution in [0.4, 0.5) is 0 Å². The molecule has 0 radical (unpaired) electrons. The average molecular weight is 248 g/mol. The summed E-state index contributed by atoms with van der Waals surface area (Å²) in [5.41, 5.74) is 1.41. The Hall–Kier alpha value is -0.870. The van der Waals surface area contributed by atoms with Gasteiger partial charge in [-0.25, -0.2) is 4.98 Å². The van der Waals surface area contributed by atoms with Crippen LogP contribution in [0, 0.1) is 0 Å². The van der Waals surface area contributed by atoms with Crippen molar-refractivity contribution in [1.82, 2.24) is 19.8 Å². The number of hydrogen-bond donors (Lipinski definition) is 1. The molecule has 1 unspecified atom stereocenters. The summed E-state index contributed by atoms with van der Waals surface area (Å²) in [7, 11) is 0. The van der Waals surface area contributed by atoms with Crippen LogP contribution >= 0.6 is 0 Å². The molecule has 0 amide bonds. The predicted octanol–water partition coefficient (Wildman–Crippen LogP) is 1.44. The van der Waals surface area contributed by atoms with Gasteiger partial charge in [-0.3, -0.25) is 4.90 Å². The molecule has 0 aromatic carbocycles. The van der Waals surface area contributed by atoms with Crippen molar-refractivity contribution in [1.29, 1.82) is 0 Å².